The van der Waals surface area contributed by atoms with Gasteiger partial charge in [-0.2, -0.15) is 0 Å². The van der Waals surface area contributed by atoms with Gasteiger partial charge in [-0.25, -0.2) is 9.97 Å². The maximum atomic E-state index is 4.35. The van der Waals surface area contributed by atoms with Gasteiger partial charge < -0.3 is 4.90 Å². The predicted molar refractivity (Wildman–Crippen MR) is 212 cm³/mol. The van der Waals surface area contributed by atoms with Gasteiger partial charge in [0, 0.05) is 11.4 Å². The Morgan fingerprint density at radius 3 is 1.47 bits per heavy atom. The van der Waals surface area contributed by atoms with Crippen molar-refractivity contribution in [2.24, 2.45) is 0 Å². The minimum absolute atomic E-state index is 0.908. The fourth-order valence-electron chi connectivity index (χ4n) is 8.11. The van der Waals surface area contributed by atoms with Gasteiger partial charge in [0.05, 0.1) is 18.1 Å². The summed E-state index contributed by atoms with van der Waals surface area (Å²) in [6.07, 6.45) is 5.30. The Morgan fingerprint density at radius 2 is 0.824 bits per heavy atom. The molecule has 0 amide bonds. The molecule has 0 saturated heterocycles. The molecule has 1 heterocycles. The van der Waals surface area contributed by atoms with Crippen molar-refractivity contribution in [2.45, 2.75) is 0 Å². The monoisotopic (exact) mass is 649 g/mol. The fraction of sp³-hybridized carbons (Fsp3) is 0. The minimum Gasteiger partial charge on any atom is -0.308 e. The highest BCUT2D eigenvalue weighted by Crippen LogP contribution is 2.58. The molecule has 0 spiro atoms. The maximum absolute atomic E-state index is 4.35. The van der Waals surface area contributed by atoms with E-state index in [1.54, 1.807) is 6.33 Å². The van der Waals surface area contributed by atoms with Gasteiger partial charge in [0.1, 0.15) is 6.33 Å². The van der Waals surface area contributed by atoms with Crippen molar-refractivity contribution in [2.75, 3.05) is 4.90 Å². The summed E-state index contributed by atoms with van der Waals surface area (Å²) in [6, 6.07) is 61.5. The quantitative estimate of drug-likeness (QED) is 0.179. The fourth-order valence-corrected chi connectivity index (χ4v) is 8.11. The lowest BCUT2D eigenvalue weighted by Gasteiger charge is -2.25. The molecule has 1 aliphatic carbocycles. The van der Waals surface area contributed by atoms with Crippen molar-refractivity contribution in [3.63, 3.8) is 0 Å². The number of anilines is 3. The predicted octanol–water partition coefficient (Wildman–Crippen LogP) is 12.9. The molecule has 3 nitrogen and oxygen atoms in total. The molecule has 1 aliphatic rings. The average molecular weight is 650 g/mol. The number of hydrogen-bond acceptors (Lipinski definition) is 3. The SMILES string of the molecule is c1ccc(-c2c3c(c(-c4ccccc4)c4ccccc24)-c2ccc(-c4cccc(N(c5ccccc5)c5cncnc5)c4)c4cccc-3c24)cc1. The normalized spacial score (nSPS) is 11.5. The Bertz CT molecular complexity index is 2590. The van der Waals surface area contributed by atoms with Gasteiger partial charge in [-0.3, -0.25) is 0 Å². The van der Waals surface area contributed by atoms with Crippen LogP contribution in [0.15, 0.2) is 189 Å². The summed E-state index contributed by atoms with van der Waals surface area (Å²) in [5.74, 6) is 0. The zero-order valence-electron chi connectivity index (χ0n) is 27.7. The highest BCUT2D eigenvalue weighted by atomic mass is 15.2. The Morgan fingerprint density at radius 1 is 0.333 bits per heavy atom. The van der Waals surface area contributed by atoms with E-state index in [0.29, 0.717) is 0 Å². The van der Waals surface area contributed by atoms with Crippen LogP contribution in [0.1, 0.15) is 0 Å². The van der Waals surface area contributed by atoms with Gasteiger partial charge in [0.15, 0.2) is 0 Å². The number of para-hydroxylation sites is 1. The summed E-state index contributed by atoms with van der Waals surface area (Å²) in [4.78, 5) is 10.9. The first-order valence-electron chi connectivity index (χ1n) is 17.3. The van der Waals surface area contributed by atoms with Crippen LogP contribution >= 0.6 is 0 Å². The second-order valence-corrected chi connectivity index (χ2v) is 13.0. The lowest BCUT2D eigenvalue weighted by atomic mass is 9.82. The third kappa shape index (κ3) is 4.67. The van der Waals surface area contributed by atoms with E-state index in [2.05, 4.69) is 179 Å². The van der Waals surface area contributed by atoms with Crippen LogP contribution in [0.25, 0.3) is 77.2 Å². The van der Waals surface area contributed by atoms with Crippen molar-refractivity contribution >= 4 is 38.6 Å². The van der Waals surface area contributed by atoms with E-state index in [4.69, 9.17) is 0 Å². The number of benzene rings is 8. The lowest BCUT2D eigenvalue weighted by Crippen LogP contribution is -2.10. The number of nitrogens with zero attached hydrogens (tertiary/aromatic N) is 3. The van der Waals surface area contributed by atoms with Crippen LogP contribution in [0.2, 0.25) is 0 Å². The number of hydrogen-bond donors (Lipinski definition) is 0. The van der Waals surface area contributed by atoms with Crippen LogP contribution in [0, 0.1) is 0 Å². The van der Waals surface area contributed by atoms with Crippen LogP contribution in [-0.4, -0.2) is 9.97 Å². The Kier molecular flexibility index (Phi) is 6.81. The van der Waals surface area contributed by atoms with Crippen LogP contribution in [0.4, 0.5) is 17.1 Å². The Hall–Kier alpha value is -6.84. The number of aromatic nitrogens is 2. The van der Waals surface area contributed by atoms with E-state index in [-0.39, 0.29) is 0 Å². The summed E-state index contributed by atoms with van der Waals surface area (Å²) in [7, 11) is 0. The third-order valence-corrected chi connectivity index (χ3v) is 10.2. The van der Waals surface area contributed by atoms with E-state index < -0.39 is 0 Å². The smallest absolute Gasteiger partial charge is 0.115 e. The molecule has 9 aromatic rings. The molecule has 0 atom stereocenters. The van der Waals surface area contributed by atoms with Gasteiger partial charge in [-0.15, -0.1) is 0 Å². The van der Waals surface area contributed by atoms with Gasteiger partial charge in [-0.1, -0.05) is 146 Å². The minimum atomic E-state index is 0.908. The molecule has 3 heteroatoms. The van der Waals surface area contributed by atoms with Crippen molar-refractivity contribution in [3.05, 3.63) is 189 Å². The van der Waals surface area contributed by atoms with Crippen molar-refractivity contribution in [1.82, 2.24) is 9.97 Å². The summed E-state index contributed by atoms with van der Waals surface area (Å²) in [5.41, 5.74) is 15.6. The zero-order chi connectivity index (χ0) is 33.7. The van der Waals surface area contributed by atoms with Gasteiger partial charge in [-0.05, 0) is 101 Å². The van der Waals surface area contributed by atoms with E-state index in [0.717, 1.165) is 22.6 Å². The highest BCUT2D eigenvalue weighted by molar-refractivity contribution is 6.28. The van der Waals surface area contributed by atoms with E-state index >= 15 is 0 Å². The van der Waals surface area contributed by atoms with Crippen LogP contribution in [-0.2, 0) is 0 Å². The Labute approximate surface area is 296 Å². The standard InChI is InChI=1S/C48H31N3/c1-4-14-32(15-5-1)44-40-22-10-11-23-41(40)45(33-16-6-2-7-17-33)48-43-27-26-38(39-24-13-25-42(46(39)43)47(44)48)34-18-12-21-36(28-34)51(35-19-8-3-9-20-35)37-29-49-31-50-30-37/h1-31H. The molecule has 0 saturated carbocycles. The van der Waals surface area contributed by atoms with E-state index in [1.165, 1.54) is 71.6 Å². The first kappa shape index (κ1) is 29.1. The average Bonchev–Trinajstić information content (AvgIpc) is 3.53. The molecule has 10 rings (SSSR count). The van der Waals surface area contributed by atoms with Crippen molar-refractivity contribution < 1.29 is 0 Å². The van der Waals surface area contributed by atoms with Crippen LogP contribution < -0.4 is 4.90 Å². The van der Waals surface area contributed by atoms with Gasteiger partial charge in [0.2, 0.25) is 0 Å². The van der Waals surface area contributed by atoms with E-state index in [1.807, 2.05) is 18.5 Å². The highest BCUT2D eigenvalue weighted by Gasteiger charge is 2.31. The number of fused-ring (bicyclic) bond motifs is 4. The molecule has 0 radical (unpaired) electrons. The first-order chi connectivity index (χ1) is 25.3. The second kappa shape index (κ2) is 11.9. The van der Waals surface area contributed by atoms with Crippen LogP contribution in [0.5, 0.6) is 0 Å². The maximum Gasteiger partial charge on any atom is 0.115 e. The van der Waals surface area contributed by atoms with Gasteiger partial charge >= 0.3 is 0 Å². The zero-order valence-corrected chi connectivity index (χ0v) is 27.7. The molecule has 0 fully saturated rings. The molecular formula is C48H31N3. The molecule has 1 aromatic heterocycles. The molecule has 51 heavy (non-hydrogen) atoms. The number of rotatable bonds is 6. The van der Waals surface area contributed by atoms with Gasteiger partial charge in [0.25, 0.3) is 0 Å². The Balaban J connectivity index is 1.24. The topological polar surface area (TPSA) is 29.0 Å². The van der Waals surface area contributed by atoms with E-state index in [9.17, 15) is 0 Å². The third-order valence-electron chi connectivity index (χ3n) is 10.2. The molecular weight excluding hydrogens is 619 g/mol. The molecule has 0 unspecified atom stereocenters. The molecule has 0 bridgehead atoms. The molecule has 0 aliphatic heterocycles. The van der Waals surface area contributed by atoms with Crippen molar-refractivity contribution in [3.8, 4) is 55.6 Å². The molecule has 0 N–H and O–H groups in total. The van der Waals surface area contributed by atoms with Crippen LogP contribution in [0.3, 0.4) is 0 Å². The first-order valence-corrected chi connectivity index (χ1v) is 17.3. The molecule has 238 valence electrons. The lowest BCUT2D eigenvalue weighted by molar-refractivity contribution is 1.13. The van der Waals surface area contributed by atoms with Crippen molar-refractivity contribution in [1.29, 1.82) is 0 Å². The summed E-state index contributed by atoms with van der Waals surface area (Å²) in [5, 5.41) is 5.08. The largest absolute Gasteiger partial charge is 0.308 e. The summed E-state index contributed by atoms with van der Waals surface area (Å²) < 4.78 is 0. The molecule has 8 aromatic carbocycles. The summed E-state index contributed by atoms with van der Waals surface area (Å²) in [6.45, 7) is 0. The summed E-state index contributed by atoms with van der Waals surface area (Å²) >= 11 is 0. The second-order valence-electron chi connectivity index (χ2n) is 13.0.